The Bertz CT molecular complexity index is 1120. The summed E-state index contributed by atoms with van der Waals surface area (Å²) in [7, 11) is 0. The van der Waals surface area contributed by atoms with Gasteiger partial charge in [0.2, 0.25) is 0 Å². The predicted octanol–water partition coefficient (Wildman–Crippen LogP) is 7.10. The first-order valence-electron chi connectivity index (χ1n) is 8.40. The van der Waals surface area contributed by atoms with Gasteiger partial charge in [-0.05, 0) is 40.3 Å². The van der Waals surface area contributed by atoms with Crippen LogP contribution in [0.25, 0.3) is 37.9 Å². The molecule has 1 aromatic heterocycles. The summed E-state index contributed by atoms with van der Waals surface area (Å²) in [5, 5.41) is 2.27. The summed E-state index contributed by atoms with van der Waals surface area (Å²) in [6, 6.07) is 20.5. The van der Waals surface area contributed by atoms with Crippen LogP contribution in [0.1, 0.15) is 26.3 Å². The van der Waals surface area contributed by atoms with Crippen LogP contribution in [0.5, 0.6) is 0 Å². The molecule has 0 aliphatic heterocycles. The first-order chi connectivity index (χ1) is 12.0. The maximum absolute atomic E-state index is 7.07. The summed E-state index contributed by atoms with van der Waals surface area (Å²) in [5.74, 6) is 0. The van der Waals surface area contributed by atoms with E-state index in [2.05, 4.69) is 55.9 Å². The molecule has 4 rings (SSSR count). The Balaban J connectivity index is 1.87. The van der Waals surface area contributed by atoms with Crippen molar-refractivity contribution in [2.75, 3.05) is 0 Å². The molecule has 0 fully saturated rings. The van der Waals surface area contributed by atoms with Gasteiger partial charge in [-0.2, -0.15) is 0 Å². The van der Waals surface area contributed by atoms with Crippen LogP contribution in [0, 0.1) is 6.57 Å². The van der Waals surface area contributed by atoms with Gasteiger partial charge >= 0.3 is 0 Å². The van der Waals surface area contributed by atoms with Crippen LogP contribution in [0.4, 0.5) is 5.69 Å². The molecule has 25 heavy (non-hydrogen) atoms. The standard InChI is InChI=1S/C23H19NO/c1-23(2,3)17-8-11-19-20-13-16(7-12-21(20)25-22(19)14-17)15-5-9-18(24-4)10-6-15/h5-14H,1-3H3. The zero-order valence-electron chi connectivity index (χ0n) is 14.6. The van der Waals surface area contributed by atoms with Crippen molar-refractivity contribution < 1.29 is 4.42 Å². The van der Waals surface area contributed by atoms with Crippen molar-refractivity contribution in [1.29, 1.82) is 0 Å². The van der Waals surface area contributed by atoms with E-state index in [1.807, 2.05) is 30.3 Å². The number of furan rings is 1. The number of nitrogens with zero attached hydrogens (tertiary/aromatic N) is 1. The zero-order valence-corrected chi connectivity index (χ0v) is 14.6. The second-order valence-corrected chi connectivity index (χ2v) is 7.43. The van der Waals surface area contributed by atoms with E-state index in [0.29, 0.717) is 5.69 Å². The van der Waals surface area contributed by atoms with Crippen LogP contribution in [0.15, 0.2) is 65.1 Å². The Kier molecular flexibility index (Phi) is 3.40. The van der Waals surface area contributed by atoms with Gasteiger partial charge in [0.15, 0.2) is 5.69 Å². The molecule has 0 saturated carbocycles. The molecule has 0 spiro atoms. The Morgan fingerprint density at radius 2 is 1.48 bits per heavy atom. The average molecular weight is 325 g/mol. The van der Waals surface area contributed by atoms with Crippen molar-refractivity contribution in [2.24, 2.45) is 0 Å². The quantitative estimate of drug-likeness (QED) is 0.341. The molecular formula is C23H19NO. The van der Waals surface area contributed by atoms with Crippen LogP contribution in [0.3, 0.4) is 0 Å². The Morgan fingerprint density at radius 1 is 0.760 bits per heavy atom. The van der Waals surface area contributed by atoms with E-state index in [1.165, 1.54) is 5.56 Å². The number of benzene rings is 3. The molecule has 0 radical (unpaired) electrons. The number of fused-ring (bicyclic) bond motifs is 3. The van der Waals surface area contributed by atoms with E-state index in [1.54, 1.807) is 0 Å². The van der Waals surface area contributed by atoms with Gasteiger partial charge in [-0.1, -0.05) is 63.2 Å². The fourth-order valence-electron chi connectivity index (χ4n) is 3.15. The summed E-state index contributed by atoms with van der Waals surface area (Å²) < 4.78 is 6.08. The summed E-state index contributed by atoms with van der Waals surface area (Å²) in [6.45, 7) is 13.7. The number of hydrogen-bond acceptors (Lipinski definition) is 1. The lowest BCUT2D eigenvalue weighted by molar-refractivity contribution is 0.587. The lowest BCUT2D eigenvalue weighted by atomic mass is 9.86. The molecular weight excluding hydrogens is 306 g/mol. The predicted molar refractivity (Wildman–Crippen MR) is 104 cm³/mol. The van der Waals surface area contributed by atoms with Gasteiger partial charge in [0.25, 0.3) is 0 Å². The third kappa shape index (κ3) is 2.68. The summed E-state index contributed by atoms with van der Waals surface area (Å²) in [6.07, 6.45) is 0. The van der Waals surface area contributed by atoms with Crippen LogP contribution in [0.2, 0.25) is 0 Å². The fraction of sp³-hybridized carbons (Fsp3) is 0.174. The monoisotopic (exact) mass is 325 g/mol. The molecule has 122 valence electrons. The van der Waals surface area contributed by atoms with Gasteiger partial charge in [-0.15, -0.1) is 0 Å². The van der Waals surface area contributed by atoms with Crippen molar-refractivity contribution in [1.82, 2.24) is 0 Å². The molecule has 0 unspecified atom stereocenters. The van der Waals surface area contributed by atoms with Crippen molar-refractivity contribution in [3.8, 4) is 11.1 Å². The molecule has 4 aromatic rings. The highest BCUT2D eigenvalue weighted by Gasteiger charge is 2.16. The Morgan fingerprint density at radius 3 is 2.16 bits per heavy atom. The van der Waals surface area contributed by atoms with Crippen LogP contribution < -0.4 is 0 Å². The first kappa shape index (κ1) is 15.5. The van der Waals surface area contributed by atoms with Crippen molar-refractivity contribution in [2.45, 2.75) is 26.2 Å². The SMILES string of the molecule is [C-]#[N+]c1ccc(-c2ccc3oc4cc(C(C)(C)C)ccc4c3c2)cc1. The topological polar surface area (TPSA) is 17.5 Å². The molecule has 0 aliphatic carbocycles. The lowest BCUT2D eigenvalue weighted by Crippen LogP contribution is -2.10. The van der Waals surface area contributed by atoms with Crippen molar-refractivity contribution in [3.63, 3.8) is 0 Å². The average Bonchev–Trinajstić information content (AvgIpc) is 2.98. The van der Waals surface area contributed by atoms with E-state index in [0.717, 1.165) is 33.1 Å². The maximum atomic E-state index is 7.07. The largest absolute Gasteiger partial charge is 0.456 e. The molecule has 0 amide bonds. The van der Waals surface area contributed by atoms with Gasteiger partial charge in [0.05, 0.1) is 6.57 Å². The molecule has 2 nitrogen and oxygen atoms in total. The second-order valence-electron chi connectivity index (χ2n) is 7.43. The molecule has 0 bridgehead atoms. The molecule has 1 heterocycles. The number of hydrogen-bond donors (Lipinski definition) is 0. The fourth-order valence-corrected chi connectivity index (χ4v) is 3.15. The van der Waals surface area contributed by atoms with Gasteiger partial charge in [-0.3, -0.25) is 0 Å². The molecule has 0 N–H and O–H groups in total. The maximum Gasteiger partial charge on any atom is 0.187 e. The van der Waals surface area contributed by atoms with E-state index in [9.17, 15) is 0 Å². The third-order valence-corrected chi connectivity index (χ3v) is 4.67. The van der Waals surface area contributed by atoms with Crippen molar-refractivity contribution in [3.05, 3.63) is 77.6 Å². The van der Waals surface area contributed by atoms with E-state index in [-0.39, 0.29) is 5.41 Å². The van der Waals surface area contributed by atoms with Crippen LogP contribution in [-0.2, 0) is 5.41 Å². The molecule has 0 atom stereocenters. The smallest absolute Gasteiger partial charge is 0.187 e. The van der Waals surface area contributed by atoms with Crippen LogP contribution in [-0.4, -0.2) is 0 Å². The molecule has 3 aromatic carbocycles. The van der Waals surface area contributed by atoms with Gasteiger partial charge in [0, 0.05) is 10.8 Å². The highest BCUT2D eigenvalue weighted by molar-refractivity contribution is 6.06. The van der Waals surface area contributed by atoms with E-state index < -0.39 is 0 Å². The lowest BCUT2D eigenvalue weighted by Gasteiger charge is -2.18. The minimum atomic E-state index is 0.100. The minimum absolute atomic E-state index is 0.100. The van der Waals surface area contributed by atoms with Crippen LogP contribution >= 0.6 is 0 Å². The Hall–Kier alpha value is -3.05. The summed E-state index contributed by atoms with van der Waals surface area (Å²) >= 11 is 0. The Labute approximate surface area is 147 Å². The van der Waals surface area contributed by atoms with Gasteiger partial charge in [0.1, 0.15) is 11.2 Å². The van der Waals surface area contributed by atoms with Gasteiger partial charge in [-0.25, -0.2) is 4.85 Å². The molecule has 0 aliphatic rings. The third-order valence-electron chi connectivity index (χ3n) is 4.67. The molecule has 2 heteroatoms. The van der Waals surface area contributed by atoms with Crippen molar-refractivity contribution >= 4 is 27.6 Å². The highest BCUT2D eigenvalue weighted by atomic mass is 16.3. The summed E-state index contributed by atoms with van der Waals surface area (Å²) in [4.78, 5) is 3.45. The summed E-state index contributed by atoms with van der Waals surface area (Å²) in [5.41, 5.74) is 6.11. The highest BCUT2D eigenvalue weighted by Crippen LogP contribution is 2.35. The van der Waals surface area contributed by atoms with Gasteiger partial charge < -0.3 is 4.42 Å². The normalized spacial score (nSPS) is 11.8. The minimum Gasteiger partial charge on any atom is -0.456 e. The molecule has 0 saturated heterocycles. The van der Waals surface area contributed by atoms with E-state index >= 15 is 0 Å². The zero-order chi connectivity index (χ0) is 17.6. The second kappa shape index (κ2) is 5.50. The van der Waals surface area contributed by atoms with E-state index in [4.69, 9.17) is 11.0 Å². The first-order valence-corrected chi connectivity index (χ1v) is 8.40. The number of rotatable bonds is 1.